The van der Waals surface area contributed by atoms with Gasteiger partial charge in [0, 0.05) is 8.45 Å². The van der Waals surface area contributed by atoms with E-state index < -0.39 is 0 Å². The number of aryl methyl sites for hydroxylation is 1. The molecule has 0 amide bonds. The topological polar surface area (TPSA) is 38.0 Å². The Morgan fingerprint density at radius 1 is 1.33 bits per heavy atom. The van der Waals surface area contributed by atoms with Crippen LogP contribution >= 0.6 is 33.9 Å². The summed E-state index contributed by atoms with van der Waals surface area (Å²) in [5.74, 6) is 0. The third-order valence-corrected chi connectivity index (χ3v) is 5.06. The van der Waals surface area contributed by atoms with Crippen LogP contribution < -0.4 is 11.1 Å². The van der Waals surface area contributed by atoms with E-state index in [1.54, 1.807) is 0 Å². The van der Waals surface area contributed by atoms with Crippen LogP contribution in [-0.2, 0) is 6.42 Å². The molecule has 3 rings (SSSR count). The van der Waals surface area contributed by atoms with Gasteiger partial charge in [0.2, 0.25) is 0 Å². The fourth-order valence-corrected chi connectivity index (χ4v) is 3.99. The van der Waals surface area contributed by atoms with E-state index in [1.165, 1.54) is 33.3 Å². The maximum Gasteiger partial charge on any atom is 0.0579 e. The summed E-state index contributed by atoms with van der Waals surface area (Å²) >= 11 is 4.16. The zero-order valence-corrected chi connectivity index (χ0v) is 12.9. The highest BCUT2D eigenvalue weighted by atomic mass is 127. The molecule has 0 fully saturated rings. The first kappa shape index (κ1) is 12.3. The Hall–Kier alpha value is -0.750. The third-order valence-electron chi connectivity index (χ3n) is 3.40. The minimum atomic E-state index is 0.419. The molecule has 3 N–H and O–H groups in total. The second kappa shape index (κ2) is 5.09. The molecule has 2 aromatic rings. The molecule has 0 spiro atoms. The Morgan fingerprint density at radius 2 is 2.22 bits per heavy atom. The molecule has 0 radical (unpaired) electrons. The molecule has 1 aliphatic rings. The van der Waals surface area contributed by atoms with Gasteiger partial charge in [0.1, 0.15) is 0 Å². The lowest BCUT2D eigenvalue weighted by Crippen LogP contribution is -2.16. The quantitative estimate of drug-likeness (QED) is 0.607. The summed E-state index contributed by atoms with van der Waals surface area (Å²) < 4.78 is 1.18. The number of nitrogen functional groups attached to an aromatic ring is 1. The van der Waals surface area contributed by atoms with Gasteiger partial charge in [0.25, 0.3) is 0 Å². The Morgan fingerprint density at radius 3 is 3.06 bits per heavy atom. The minimum Gasteiger partial charge on any atom is -0.397 e. The minimum absolute atomic E-state index is 0.419. The van der Waals surface area contributed by atoms with Crippen molar-refractivity contribution in [3.63, 3.8) is 0 Å². The third kappa shape index (κ3) is 2.36. The molecule has 1 aliphatic carbocycles. The molecule has 94 valence electrons. The molecule has 0 bridgehead atoms. The van der Waals surface area contributed by atoms with Crippen molar-refractivity contribution in [2.75, 3.05) is 11.1 Å². The number of benzene rings is 1. The summed E-state index contributed by atoms with van der Waals surface area (Å²) in [6.07, 6.45) is 3.68. The molecular weight excluding hydrogens is 355 g/mol. The van der Waals surface area contributed by atoms with Gasteiger partial charge in [0.05, 0.1) is 17.4 Å². The number of nitrogens with one attached hydrogen (secondary N) is 1. The van der Waals surface area contributed by atoms with Crippen LogP contribution in [0.15, 0.2) is 29.6 Å². The Balaban J connectivity index is 1.86. The number of hydrogen-bond donors (Lipinski definition) is 2. The highest BCUT2D eigenvalue weighted by Crippen LogP contribution is 2.36. The zero-order valence-electron chi connectivity index (χ0n) is 9.95. The van der Waals surface area contributed by atoms with E-state index in [2.05, 4.69) is 51.5 Å². The second-order valence-corrected chi connectivity index (χ2v) is 6.87. The van der Waals surface area contributed by atoms with Crippen molar-refractivity contribution in [1.82, 2.24) is 0 Å². The fraction of sp³-hybridized carbons (Fsp3) is 0.286. The van der Waals surface area contributed by atoms with E-state index >= 15 is 0 Å². The highest BCUT2D eigenvalue weighted by Gasteiger charge is 2.21. The van der Waals surface area contributed by atoms with Gasteiger partial charge in [-0.25, -0.2) is 0 Å². The SMILES string of the molecule is Nc1cc(I)ccc1NC1CCCc2sccc21. The van der Waals surface area contributed by atoms with E-state index in [-0.39, 0.29) is 0 Å². The average molecular weight is 370 g/mol. The van der Waals surface area contributed by atoms with Crippen LogP contribution in [0.1, 0.15) is 29.3 Å². The number of halogens is 1. The van der Waals surface area contributed by atoms with E-state index in [9.17, 15) is 0 Å². The van der Waals surface area contributed by atoms with Crippen molar-refractivity contribution < 1.29 is 0 Å². The number of fused-ring (bicyclic) bond motifs is 1. The number of thiophene rings is 1. The van der Waals surface area contributed by atoms with Crippen LogP contribution in [-0.4, -0.2) is 0 Å². The van der Waals surface area contributed by atoms with Crippen molar-refractivity contribution in [2.45, 2.75) is 25.3 Å². The molecule has 1 unspecified atom stereocenters. The standard InChI is InChI=1S/C14H15IN2S/c15-9-4-5-13(11(16)8-9)17-12-2-1-3-14-10(12)6-7-18-14/h4-8,12,17H,1-3,16H2. The Kier molecular flexibility index (Phi) is 3.48. The summed E-state index contributed by atoms with van der Waals surface area (Å²) in [7, 11) is 0. The van der Waals surface area contributed by atoms with Crippen LogP contribution in [0.5, 0.6) is 0 Å². The summed E-state index contributed by atoms with van der Waals surface area (Å²) in [6, 6.07) is 8.86. The molecule has 4 heteroatoms. The number of anilines is 2. The van der Waals surface area contributed by atoms with Crippen molar-refractivity contribution in [3.8, 4) is 0 Å². The smallest absolute Gasteiger partial charge is 0.0579 e. The normalized spacial score (nSPS) is 18.4. The molecule has 0 aliphatic heterocycles. The molecule has 2 nitrogen and oxygen atoms in total. The number of hydrogen-bond acceptors (Lipinski definition) is 3. The maximum atomic E-state index is 6.07. The first-order valence-corrected chi connectivity index (χ1v) is 8.08. The monoisotopic (exact) mass is 370 g/mol. The predicted molar refractivity (Wildman–Crippen MR) is 87.2 cm³/mol. The van der Waals surface area contributed by atoms with E-state index in [1.807, 2.05) is 17.4 Å². The number of rotatable bonds is 2. The van der Waals surface area contributed by atoms with Crippen LogP contribution in [0.3, 0.4) is 0 Å². The average Bonchev–Trinajstić information content (AvgIpc) is 2.82. The summed E-state index contributed by atoms with van der Waals surface area (Å²) in [5, 5.41) is 5.79. The Labute approximate surface area is 125 Å². The van der Waals surface area contributed by atoms with Gasteiger partial charge in [-0.15, -0.1) is 11.3 Å². The molecule has 1 aromatic heterocycles. The lowest BCUT2D eigenvalue weighted by Gasteiger charge is -2.25. The van der Waals surface area contributed by atoms with Gasteiger partial charge in [-0.3, -0.25) is 0 Å². The van der Waals surface area contributed by atoms with Gasteiger partial charge in [-0.05, 0) is 77.1 Å². The van der Waals surface area contributed by atoms with Gasteiger partial charge < -0.3 is 11.1 Å². The summed E-state index contributed by atoms with van der Waals surface area (Å²) in [5.41, 5.74) is 9.42. The van der Waals surface area contributed by atoms with Crippen LogP contribution in [0.4, 0.5) is 11.4 Å². The van der Waals surface area contributed by atoms with E-state index in [0.717, 1.165) is 11.4 Å². The molecule has 18 heavy (non-hydrogen) atoms. The molecule has 0 saturated heterocycles. The Bertz CT molecular complexity index is 565. The van der Waals surface area contributed by atoms with E-state index in [4.69, 9.17) is 5.73 Å². The maximum absolute atomic E-state index is 6.07. The van der Waals surface area contributed by atoms with Gasteiger partial charge in [-0.1, -0.05) is 0 Å². The lowest BCUT2D eigenvalue weighted by atomic mass is 9.94. The van der Waals surface area contributed by atoms with Gasteiger partial charge >= 0.3 is 0 Å². The lowest BCUT2D eigenvalue weighted by molar-refractivity contribution is 0.609. The molecular formula is C14H15IN2S. The van der Waals surface area contributed by atoms with Crippen LogP contribution in [0.2, 0.25) is 0 Å². The molecule has 1 heterocycles. The van der Waals surface area contributed by atoms with Crippen molar-refractivity contribution in [3.05, 3.63) is 43.7 Å². The van der Waals surface area contributed by atoms with E-state index in [0.29, 0.717) is 6.04 Å². The molecule has 1 aromatic carbocycles. The fourth-order valence-electron chi connectivity index (χ4n) is 2.49. The van der Waals surface area contributed by atoms with Crippen molar-refractivity contribution >= 4 is 45.3 Å². The molecule has 0 saturated carbocycles. The van der Waals surface area contributed by atoms with Gasteiger partial charge in [-0.2, -0.15) is 0 Å². The van der Waals surface area contributed by atoms with Crippen molar-refractivity contribution in [2.24, 2.45) is 0 Å². The summed E-state index contributed by atoms with van der Waals surface area (Å²) in [6.45, 7) is 0. The zero-order chi connectivity index (χ0) is 12.5. The predicted octanol–water partition coefficient (Wildman–Crippen LogP) is 4.42. The number of nitrogens with two attached hydrogens (primary N) is 1. The first-order valence-electron chi connectivity index (χ1n) is 6.12. The summed E-state index contributed by atoms with van der Waals surface area (Å²) in [4.78, 5) is 1.53. The van der Waals surface area contributed by atoms with Crippen LogP contribution in [0, 0.1) is 3.57 Å². The van der Waals surface area contributed by atoms with Crippen LogP contribution in [0.25, 0.3) is 0 Å². The largest absolute Gasteiger partial charge is 0.397 e. The first-order chi connectivity index (χ1) is 8.74. The molecule has 1 atom stereocenters. The van der Waals surface area contributed by atoms with Crippen molar-refractivity contribution in [1.29, 1.82) is 0 Å². The van der Waals surface area contributed by atoms with Gasteiger partial charge in [0.15, 0.2) is 0 Å². The highest BCUT2D eigenvalue weighted by molar-refractivity contribution is 14.1. The second-order valence-electron chi connectivity index (χ2n) is 4.62.